The molecule has 1 fully saturated rings. The zero-order valence-corrected chi connectivity index (χ0v) is 13.4. The third-order valence-electron chi connectivity index (χ3n) is 3.86. The van der Waals surface area contributed by atoms with Crippen molar-refractivity contribution in [3.05, 3.63) is 28.2 Å². The second-order valence-electron chi connectivity index (χ2n) is 5.11. The molecular formula is C14H20BrClN2O. The van der Waals surface area contributed by atoms with Gasteiger partial charge in [-0.15, -0.1) is 12.4 Å². The van der Waals surface area contributed by atoms with Crippen LogP contribution in [-0.2, 0) is 4.79 Å². The first-order valence-electron chi connectivity index (χ1n) is 6.35. The molecule has 106 valence electrons. The lowest BCUT2D eigenvalue weighted by Crippen LogP contribution is -2.40. The summed E-state index contributed by atoms with van der Waals surface area (Å²) in [6.45, 7) is 2.46. The van der Waals surface area contributed by atoms with E-state index in [1.165, 1.54) is 0 Å². The Morgan fingerprint density at radius 2 is 2.05 bits per heavy atom. The molecule has 1 aromatic rings. The summed E-state index contributed by atoms with van der Waals surface area (Å²) in [5, 5.41) is 2.99. The van der Waals surface area contributed by atoms with E-state index in [-0.39, 0.29) is 23.7 Å². The lowest BCUT2D eigenvalue weighted by Gasteiger charge is -2.25. The summed E-state index contributed by atoms with van der Waals surface area (Å²) in [4.78, 5) is 12.4. The van der Waals surface area contributed by atoms with Gasteiger partial charge in [-0.2, -0.15) is 0 Å². The summed E-state index contributed by atoms with van der Waals surface area (Å²) in [5.74, 6) is 0.0678. The molecule has 3 N–H and O–H groups in total. The maximum Gasteiger partial charge on any atom is 0.231 e. The van der Waals surface area contributed by atoms with Crippen LogP contribution in [0, 0.1) is 12.3 Å². The molecule has 0 radical (unpaired) electrons. The normalized spacial score (nSPS) is 16.8. The van der Waals surface area contributed by atoms with E-state index in [9.17, 15) is 4.79 Å². The maximum absolute atomic E-state index is 12.4. The molecule has 0 atom stereocenters. The van der Waals surface area contributed by atoms with Crippen molar-refractivity contribution in [2.75, 3.05) is 11.9 Å². The molecule has 3 nitrogen and oxygen atoms in total. The summed E-state index contributed by atoms with van der Waals surface area (Å²) in [6.07, 6.45) is 4.01. The number of aryl methyl sites for hydroxylation is 1. The van der Waals surface area contributed by atoms with Crippen LogP contribution in [0.15, 0.2) is 22.7 Å². The van der Waals surface area contributed by atoms with Crippen molar-refractivity contribution in [2.24, 2.45) is 11.1 Å². The van der Waals surface area contributed by atoms with Gasteiger partial charge in [-0.05, 0) is 37.5 Å². The number of hydrogen-bond donors (Lipinski definition) is 2. The molecule has 0 saturated heterocycles. The summed E-state index contributed by atoms with van der Waals surface area (Å²) >= 11 is 3.47. The Balaban J connectivity index is 0.00000180. The van der Waals surface area contributed by atoms with Gasteiger partial charge >= 0.3 is 0 Å². The van der Waals surface area contributed by atoms with E-state index in [0.717, 1.165) is 41.4 Å². The van der Waals surface area contributed by atoms with Gasteiger partial charge in [0, 0.05) is 16.7 Å². The third kappa shape index (κ3) is 3.50. The number of benzene rings is 1. The molecule has 1 aliphatic carbocycles. The van der Waals surface area contributed by atoms with Crippen molar-refractivity contribution in [3.63, 3.8) is 0 Å². The smallest absolute Gasteiger partial charge is 0.231 e. The average molecular weight is 348 g/mol. The van der Waals surface area contributed by atoms with Gasteiger partial charge in [-0.1, -0.05) is 34.8 Å². The monoisotopic (exact) mass is 346 g/mol. The Morgan fingerprint density at radius 1 is 1.42 bits per heavy atom. The molecule has 2 rings (SSSR count). The Hall–Kier alpha value is -0.580. The fraction of sp³-hybridized carbons (Fsp3) is 0.500. The molecule has 0 heterocycles. The first kappa shape index (κ1) is 16.5. The van der Waals surface area contributed by atoms with Crippen molar-refractivity contribution in [2.45, 2.75) is 32.6 Å². The highest BCUT2D eigenvalue weighted by Crippen LogP contribution is 2.38. The van der Waals surface area contributed by atoms with Gasteiger partial charge in [-0.3, -0.25) is 4.79 Å². The van der Waals surface area contributed by atoms with Crippen LogP contribution < -0.4 is 11.1 Å². The van der Waals surface area contributed by atoms with Gasteiger partial charge in [0.1, 0.15) is 0 Å². The highest BCUT2D eigenvalue weighted by molar-refractivity contribution is 9.10. The number of nitrogens with two attached hydrogens (primary N) is 1. The predicted molar refractivity (Wildman–Crippen MR) is 84.7 cm³/mol. The van der Waals surface area contributed by atoms with E-state index < -0.39 is 0 Å². The van der Waals surface area contributed by atoms with Gasteiger partial charge in [0.25, 0.3) is 0 Å². The van der Waals surface area contributed by atoms with Crippen molar-refractivity contribution < 1.29 is 4.79 Å². The summed E-state index contributed by atoms with van der Waals surface area (Å²) in [7, 11) is 0. The van der Waals surface area contributed by atoms with Gasteiger partial charge in [0.15, 0.2) is 0 Å². The van der Waals surface area contributed by atoms with E-state index in [1.807, 2.05) is 25.1 Å². The quantitative estimate of drug-likeness (QED) is 0.877. The third-order valence-corrected chi connectivity index (χ3v) is 4.72. The number of amides is 1. The topological polar surface area (TPSA) is 55.1 Å². The number of halogens is 2. The molecule has 19 heavy (non-hydrogen) atoms. The van der Waals surface area contributed by atoms with Gasteiger partial charge in [0.05, 0.1) is 5.41 Å². The van der Waals surface area contributed by atoms with Crippen LogP contribution in [-0.4, -0.2) is 12.5 Å². The van der Waals surface area contributed by atoms with Crippen LogP contribution >= 0.6 is 28.3 Å². The fourth-order valence-electron chi connectivity index (χ4n) is 2.51. The van der Waals surface area contributed by atoms with Crippen molar-refractivity contribution >= 4 is 39.9 Å². The molecular weight excluding hydrogens is 328 g/mol. The van der Waals surface area contributed by atoms with E-state index >= 15 is 0 Å². The number of rotatable bonds is 3. The van der Waals surface area contributed by atoms with Crippen molar-refractivity contribution in [1.82, 2.24) is 0 Å². The average Bonchev–Trinajstić information content (AvgIpc) is 2.84. The first-order valence-corrected chi connectivity index (χ1v) is 7.14. The van der Waals surface area contributed by atoms with Crippen molar-refractivity contribution in [1.29, 1.82) is 0 Å². The molecule has 1 saturated carbocycles. The van der Waals surface area contributed by atoms with Crippen LogP contribution in [0.4, 0.5) is 5.69 Å². The molecule has 0 aliphatic heterocycles. The Kier molecular flexibility index (Phi) is 5.83. The lowest BCUT2D eigenvalue weighted by molar-refractivity contribution is -0.124. The molecule has 0 unspecified atom stereocenters. The van der Waals surface area contributed by atoms with Crippen molar-refractivity contribution in [3.8, 4) is 0 Å². The highest BCUT2D eigenvalue weighted by atomic mass is 79.9. The zero-order valence-electron chi connectivity index (χ0n) is 11.0. The van der Waals surface area contributed by atoms with Crippen LogP contribution in [0.2, 0.25) is 0 Å². The molecule has 1 aromatic carbocycles. The van der Waals surface area contributed by atoms with Gasteiger partial charge < -0.3 is 11.1 Å². The standard InChI is InChI=1S/C14H19BrN2O.ClH/c1-10-4-5-11(8-12(10)15)17-13(18)14(9-16)6-2-3-7-14;/h4-5,8H,2-3,6-7,9,16H2,1H3,(H,17,18);1H. The second kappa shape index (κ2) is 6.73. The fourth-order valence-corrected chi connectivity index (χ4v) is 2.89. The molecule has 1 aliphatic rings. The number of carbonyl (C=O) groups excluding carboxylic acids is 1. The number of anilines is 1. The summed E-state index contributed by atoms with van der Waals surface area (Å²) in [6, 6.07) is 5.85. The SMILES string of the molecule is Cc1ccc(NC(=O)C2(CN)CCCC2)cc1Br.Cl. The minimum absolute atomic E-state index is 0. The van der Waals surface area contributed by atoms with E-state index in [2.05, 4.69) is 21.2 Å². The maximum atomic E-state index is 12.4. The van der Waals surface area contributed by atoms with Crippen LogP contribution in [0.25, 0.3) is 0 Å². The van der Waals surface area contributed by atoms with E-state index in [4.69, 9.17) is 5.73 Å². The Bertz CT molecular complexity index is 459. The molecule has 1 amide bonds. The molecule has 5 heteroatoms. The predicted octanol–water partition coefficient (Wildman–Crippen LogP) is 3.64. The summed E-state index contributed by atoms with van der Waals surface area (Å²) in [5.41, 5.74) is 7.44. The summed E-state index contributed by atoms with van der Waals surface area (Å²) < 4.78 is 1.01. The molecule has 0 aromatic heterocycles. The number of carbonyl (C=O) groups is 1. The highest BCUT2D eigenvalue weighted by Gasteiger charge is 2.39. The minimum Gasteiger partial charge on any atom is -0.329 e. The molecule has 0 spiro atoms. The second-order valence-corrected chi connectivity index (χ2v) is 5.96. The largest absolute Gasteiger partial charge is 0.329 e. The van der Waals surface area contributed by atoms with Gasteiger partial charge in [0.2, 0.25) is 5.91 Å². The first-order chi connectivity index (χ1) is 8.57. The molecule has 0 bridgehead atoms. The van der Waals surface area contributed by atoms with Crippen LogP contribution in [0.1, 0.15) is 31.2 Å². The number of nitrogens with one attached hydrogen (secondary N) is 1. The lowest BCUT2D eigenvalue weighted by atomic mass is 9.85. The van der Waals surface area contributed by atoms with Crippen LogP contribution in [0.3, 0.4) is 0 Å². The Labute approximate surface area is 128 Å². The van der Waals surface area contributed by atoms with E-state index in [0.29, 0.717) is 6.54 Å². The van der Waals surface area contributed by atoms with Crippen LogP contribution in [0.5, 0.6) is 0 Å². The number of hydrogen-bond acceptors (Lipinski definition) is 2. The zero-order chi connectivity index (χ0) is 13.2. The minimum atomic E-state index is -0.350. The van der Waals surface area contributed by atoms with Gasteiger partial charge in [-0.25, -0.2) is 0 Å². The van der Waals surface area contributed by atoms with E-state index in [1.54, 1.807) is 0 Å². The Morgan fingerprint density at radius 3 is 2.58 bits per heavy atom.